The summed E-state index contributed by atoms with van der Waals surface area (Å²) >= 11 is 1.22. The van der Waals surface area contributed by atoms with Crippen LogP contribution in [-0.2, 0) is 4.79 Å². The average Bonchev–Trinajstić information content (AvgIpc) is 3.16. The smallest absolute Gasteiger partial charge is 0.234 e. The number of carbonyl (C=O) groups is 1. The van der Waals surface area contributed by atoms with Crippen molar-refractivity contribution in [3.05, 3.63) is 84.4 Å². The van der Waals surface area contributed by atoms with Crippen LogP contribution in [0.5, 0.6) is 11.5 Å². The van der Waals surface area contributed by atoms with Crippen LogP contribution in [0.1, 0.15) is 5.56 Å². The molecule has 4 rings (SSSR count). The summed E-state index contributed by atoms with van der Waals surface area (Å²) in [5, 5.41) is 11.5. The summed E-state index contributed by atoms with van der Waals surface area (Å²) in [7, 11) is 0. The summed E-state index contributed by atoms with van der Waals surface area (Å²) in [4.78, 5) is 12.3. The molecule has 7 nitrogen and oxygen atoms in total. The molecule has 0 aliphatic rings. The first-order chi connectivity index (χ1) is 15.1. The highest BCUT2D eigenvalue weighted by Crippen LogP contribution is 2.24. The second-order valence-electron chi connectivity index (χ2n) is 6.82. The first-order valence-electron chi connectivity index (χ1n) is 9.61. The zero-order valence-corrected chi connectivity index (χ0v) is 17.7. The van der Waals surface area contributed by atoms with Crippen molar-refractivity contribution in [3.8, 4) is 22.9 Å². The van der Waals surface area contributed by atoms with E-state index in [-0.39, 0.29) is 11.7 Å². The number of nitrogen functional groups attached to an aromatic ring is 1. The number of hydrogen-bond donors (Lipinski definition) is 2. The lowest BCUT2D eigenvalue weighted by molar-refractivity contribution is -0.113. The van der Waals surface area contributed by atoms with E-state index in [1.807, 2.05) is 73.7 Å². The van der Waals surface area contributed by atoms with Crippen LogP contribution in [0.15, 0.2) is 84.0 Å². The molecule has 0 fully saturated rings. The van der Waals surface area contributed by atoms with Crippen molar-refractivity contribution < 1.29 is 9.53 Å². The molecule has 0 spiro atoms. The van der Waals surface area contributed by atoms with Gasteiger partial charge in [-0.1, -0.05) is 59.8 Å². The van der Waals surface area contributed by atoms with Gasteiger partial charge < -0.3 is 15.9 Å². The topological polar surface area (TPSA) is 95.1 Å². The Kier molecular flexibility index (Phi) is 6.18. The van der Waals surface area contributed by atoms with Crippen LogP contribution in [0.2, 0.25) is 0 Å². The maximum Gasteiger partial charge on any atom is 0.234 e. The molecule has 1 aromatic heterocycles. The molecule has 0 bridgehead atoms. The summed E-state index contributed by atoms with van der Waals surface area (Å²) < 4.78 is 7.20. The molecule has 0 saturated carbocycles. The number of ether oxygens (including phenoxy) is 1. The molecule has 31 heavy (non-hydrogen) atoms. The second-order valence-corrected chi connectivity index (χ2v) is 7.76. The molecule has 0 atom stereocenters. The molecular formula is C23H21N5O2S. The van der Waals surface area contributed by atoms with Crippen molar-refractivity contribution >= 4 is 23.4 Å². The van der Waals surface area contributed by atoms with E-state index in [0.29, 0.717) is 22.4 Å². The third-order valence-electron chi connectivity index (χ3n) is 4.42. The molecule has 0 aliphatic heterocycles. The van der Waals surface area contributed by atoms with Gasteiger partial charge in [-0.15, -0.1) is 10.2 Å². The lowest BCUT2D eigenvalue weighted by atomic mass is 10.2. The first-order valence-corrected chi connectivity index (χ1v) is 10.6. The summed E-state index contributed by atoms with van der Waals surface area (Å²) in [6, 6.07) is 24.6. The van der Waals surface area contributed by atoms with Crippen LogP contribution >= 0.6 is 11.8 Å². The fourth-order valence-electron chi connectivity index (χ4n) is 2.84. The van der Waals surface area contributed by atoms with E-state index in [0.717, 1.165) is 11.3 Å². The predicted octanol–water partition coefficient (Wildman–Crippen LogP) is 4.49. The normalized spacial score (nSPS) is 10.6. The number of thioether (sulfide) groups is 1. The highest BCUT2D eigenvalue weighted by atomic mass is 32.2. The van der Waals surface area contributed by atoms with Crippen molar-refractivity contribution in [2.45, 2.75) is 12.1 Å². The molecule has 156 valence electrons. The number of nitrogens with one attached hydrogen (secondary N) is 1. The summed E-state index contributed by atoms with van der Waals surface area (Å²) in [5.74, 6) is 8.09. The molecule has 3 N–H and O–H groups in total. The summed E-state index contributed by atoms with van der Waals surface area (Å²) in [5.41, 5.74) is 2.72. The largest absolute Gasteiger partial charge is 0.457 e. The number of aryl methyl sites for hydroxylation is 1. The maximum absolute atomic E-state index is 12.3. The number of amides is 1. The standard InChI is InChI=1S/C23H21N5O2S/c1-16-7-11-19(12-8-16)30-20-13-9-18(10-14-20)25-21(29)15-31-23-27-26-22(28(23)24)17-5-3-2-4-6-17/h2-14H,15,24H2,1H3,(H,25,29). The number of anilines is 1. The van der Waals surface area contributed by atoms with Crippen molar-refractivity contribution in [3.63, 3.8) is 0 Å². The summed E-state index contributed by atoms with van der Waals surface area (Å²) in [6.07, 6.45) is 0. The van der Waals surface area contributed by atoms with Gasteiger partial charge in [0, 0.05) is 11.3 Å². The van der Waals surface area contributed by atoms with Gasteiger partial charge in [0.1, 0.15) is 11.5 Å². The van der Waals surface area contributed by atoms with Crippen molar-refractivity contribution in [2.24, 2.45) is 0 Å². The van der Waals surface area contributed by atoms with E-state index in [4.69, 9.17) is 10.6 Å². The van der Waals surface area contributed by atoms with Gasteiger partial charge in [-0.2, -0.15) is 0 Å². The molecule has 0 radical (unpaired) electrons. The molecule has 4 aromatic rings. The molecule has 0 saturated heterocycles. The predicted molar refractivity (Wildman–Crippen MR) is 123 cm³/mol. The Hall–Kier alpha value is -3.78. The molecule has 3 aromatic carbocycles. The van der Waals surface area contributed by atoms with E-state index in [9.17, 15) is 4.79 Å². The van der Waals surface area contributed by atoms with Gasteiger partial charge in [-0.25, -0.2) is 4.68 Å². The van der Waals surface area contributed by atoms with Gasteiger partial charge in [0.2, 0.25) is 11.1 Å². The van der Waals surface area contributed by atoms with Gasteiger partial charge in [-0.3, -0.25) is 4.79 Å². The number of nitrogens with two attached hydrogens (primary N) is 1. The van der Waals surface area contributed by atoms with Crippen LogP contribution in [0.4, 0.5) is 5.69 Å². The highest BCUT2D eigenvalue weighted by molar-refractivity contribution is 7.99. The van der Waals surface area contributed by atoms with E-state index >= 15 is 0 Å². The lowest BCUT2D eigenvalue weighted by Crippen LogP contribution is -2.16. The van der Waals surface area contributed by atoms with E-state index in [1.165, 1.54) is 22.0 Å². The Labute approximate surface area is 184 Å². The van der Waals surface area contributed by atoms with Crippen LogP contribution < -0.4 is 15.9 Å². The van der Waals surface area contributed by atoms with E-state index in [1.54, 1.807) is 12.1 Å². The SMILES string of the molecule is Cc1ccc(Oc2ccc(NC(=O)CSc3nnc(-c4ccccc4)n3N)cc2)cc1. The van der Waals surface area contributed by atoms with Gasteiger partial charge in [0.15, 0.2) is 5.82 Å². The lowest BCUT2D eigenvalue weighted by Gasteiger charge is -2.08. The number of nitrogens with zero attached hydrogens (tertiary/aromatic N) is 3. The Morgan fingerprint density at radius 2 is 1.61 bits per heavy atom. The fourth-order valence-corrected chi connectivity index (χ4v) is 3.49. The zero-order valence-electron chi connectivity index (χ0n) is 16.9. The molecule has 0 aliphatic carbocycles. The van der Waals surface area contributed by atoms with Crippen molar-refractivity contribution in [2.75, 3.05) is 16.9 Å². The van der Waals surface area contributed by atoms with Crippen LogP contribution in [0, 0.1) is 6.92 Å². The van der Waals surface area contributed by atoms with Crippen LogP contribution in [0.3, 0.4) is 0 Å². The third-order valence-corrected chi connectivity index (χ3v) is 5.37. The number of rotatable bonds is 7. The minimum atomic E-state index is -0.165. The Balaban J connectivity index is 1.31. The van der Waals surface area contributed by atoms with Gasteiger partial charge in [0.05, 0.1) is 5.75 Å². The molecule has 1 heterocycles. The third kappa shape index (κ3) is 5.23. The Bertz CT molecular complexity index is 1160. The first kappa shape index (κ1) is 20.5. The average molecular weight is 432 g/mol. The minimum Gasteiger partial charge on any atom is -0.457 e. The van der Waals surface area contributed by atoms with Gasteiger partial charge in [0.25, 0.3) is 0 Å². The number of hydrogen-bond acceptors (Lipinski definition) is 6. The molecule has 1 amide bonds. The quantitative estimate of drug-likeness (QED) is 0.331. The van der Waals surface area contributed by atoms with Crippen molar-refractivity contribution in [1.82, 2.24) is 14.9 Å². The monoisotopic (exact) mass is 431 g/mol. The Morgan fingerprint density at radius 1 is 0.968 bits per heavy atom. The Morgan fingerprint density at radius 3 is 2.29 bits per heavy atom. The highest BCUT2D eigenvalue weighted by Gasteiger charge is 2.13. The summed E-state index contributed by atoms with van der Waals surface area (Å²) in [6.45, 7) is 2.03. The molecule has 8 heteroatoms. The maximum atomic E-state index is 12.3. The van der Waals surface area contributed by atoms with Crippen molar-refractivity contribution in [1.29, 1.82) is 0 Å². The minimum absolute atomic E-state index is 0.158. The van der Waals surface area contributed by atoms with Crippen LogP contribution in [0.25, 0.3) is 11.4 Å². The molecular weight excluding hydrogens is 410 g/mol. The number of benzene rings is 3. The zero-order chi connectivity index (χ0) is 21.6. The van der Waals surface area contributed by atoms with Gasteiger partial charge >= 0.3 is 0 Å². The second kappa shape index (κ2) is 9.36. The van der Waals surface area contributed by atoms with Crippen LogP contribution in [-0.4, -0.2) is 26.5 Å². The number of aromatic nitrogens is 3. The fraction of sp³-hybridized carbons (Fsp3) is 0.0870. The van der Waals surface area contributed by atoms with E-state index < -0.39 is 0 Å². The molecule has 0 unspecified atom stereocenters. The van der Waals surface area contributed by atoms with Gasteiger partial charge in [-0.05, 0) is 43.3 Å². The van der Waals surface area contributed by atoms with E-state index in [2.05, 4.69) is 15.5 Å². The number of carbonyl (C=O) groups excluding carboxylic acids is 1.